The van der Waals surface area contributed by atoms with Gasteiger partial charge in [0.2, 0.25) is 10.0 Å². The summed E-state index contributed by atoms with van der Waals surface area (Å²) in [6, 6.07) is 18.2. The molecule has 0 bridgehead atoms. The first-order chi connectivity index (χ1) is 20.4. The first-order valence-electron chi connectivity index (χ1n) is 13.2. The van der Waals surface area contributed by atoms with E-state index < -0.39 is 17.2 Å². The number of para-hydroxylation sites is 2. The second-order valence-corrected chi connectivity index (χ2v) is 10.6. The number of amides is 1. The van der Waals surface area contributed by atoms with E-state index in [0.717, 1.165) is 23.9 Å². The fourth-order valence-electron chi connectivity index (χ4n) is 4.49. The number of benzene rings is 3. The van der Waals surface area contributed by atoms with Crippen molar-refractivity contribution in [2.75, 3.05) is 42.9 Å². The molecule has 1 fully saturated rings. The van der Waals surface area contributed by atoms with E-state index in [2.05, 4.69) is 35.3 Å². The normalized spacial score (nSPS) is 13.8. The van der Waals surface area contributed by atoms with Gasteiger partial charge in [-0.05, 0) is 68.4 Å². The molecule has 1 aliphatic rings. The number of hydrogen-bond acceptors (Lipinski definition) is 8. The standard InChI is InChI=1S/C28H27ClN8O4S/c1-41-21-11-12-22(29)25(18-21)32-26-27(33-24-10-3-2-9-23(24)31-26)37(42(39)40)20-8-6-7-19(17-20)28(38)34-35-30-13-16-36-14-4-5-15-36/h2-3,6-12,17-18H,4-5,13-16H2,1H3,(H-,31,32,39,40)/p+1. The number of aromatic nitrogens is 2. The van der Waals surface area contributed by atoms with Crippen molar-refractivity contribution in [2.45, 2.75) is 12.8 Å². The highest BCUT2D eigenvalue weighted by Crippen LogP contribution is 2.36. The van der Waals surface area contributed by atoms with E-state index in [-0.39, 0.29) is 22.9 Å². The lowest BCUT2D eigenvalue weighted by Crippen LogP contribution is -2.22. The predicted molar refractivity (Wildman–Crippen MR) is 162 cm³/mol. The van der Waals surface area contributed by atoms with E-state index in [1.54, 1.807) is 48.5 Å². The Morgan fingerprint density at radius 3 is 2.62 bits per heavy atom. The summed E-state index contributed by atoms with van der Waals surface area (Å²) in [5.74, 6) is 0.0792. The second kappa shape index (κ2) is 13.6. The third-order valence-corrected chi connectivity index (χ3v) is 7.59. The van der Waals surface area contributed by atoms with Crippen LogP contribution in [-0.4, -0.2) is 62.8 Å². The van der Waals surface area contributed by atoms with Crippen molar-refractivity contribution in [3.8, 4) is 5.75 Å². The number of carbonyl (C=O) groups excluding carboxylic acids is 1. The fourth-order valence-corrected chi connectivity index (χ4v) is 5.22. The smallest absolute Gasteiger partial charge is 0.360 e. The molecule has 1 aliphatic heterocycles. The largest absolute Gasteiger partial charge is 0.497 e. The Labute approximate surface area is 249 Å². The summed E-state index contributed by atoms with van der Waals surface area (Å²) in [7, 11) is 1.53. The molecule has 1 saturated heterocycles. The highest BCUT2D eigenvalue weighted by molar-refractivity contribution is 7.81. The highest BCUT2D eigenvalue weighted by Gasteiger charge is 2.25. The zero-order chi connectivity index (χ0) is 29.5. The molecular weight excluding hydrogens is 580 g/mol. The Bertz CT molecular complexity index is 1690. The van der Waals surface area contributed by atoms with Crippen LogP contribution in [0.4, 0.5) is 23.0 Å². The minimum absolute atomic E-state index is 0.0246. The van der Waals surface area contributed by atoms with Crippen LogP contribution < -0.4 is 19.3 Å². The third kappa shape index (κ3) is 6.96. The summed E-state index contributed by atoms with van der Waals surface area (Å²) < 4.78 is 29.6. The van der Waals surface area contributed by atoms with Gasteiger partial charge in [0.15, 0.2) is 11.6 Å². The Hall–Kier alpha value is -4.26. The average molecular weight is 608 g/mol. The lowest BCUT2D eigenvalue weighted by atomic mass is 10.2. The van der Waals surface area contributed by atoms with Crippen molar-refractivity contribution >= 4 is 62.8 Å². The molecule has 5 rings (SSSR count). The molecule has 2 heterocycles. The van der Waals surface area contributed by atoms with Gasteiger partial charge < -0.3 is 15.0 Å². The minimum Gasteiger partial charge on any atom is -0.497 e. The summed E-state index contributed by atoms with van der Waals surface area (Å²) in [4.78, 5) is 28.1. The second-order valence-electron chi connectivity index (χ2n) is 9.34. The van der Waals surface area contributed by atoms with Crippen molar-refractivity contribution in [2.24, 2.45) is 10.2 Å². The number of anilines is 4. The maximum atomic E-state index is 12.8. The maximum Gasteiger partial charge on any atom is 0.360 e. The average Bonchev–Trinajstić information content (AvgIpc) is 3.52. The van der Waals surface area contributed by atoms with Gasteiger partial charge >= 0.3 is 5.91 Å². The number of rotatable bonds is 10. The topological polar surface area (TPSA) is 147 Å². The van der Waals surface area contributed by atoms with Gasteiger partial charge in [0.1, 0.15) is 17.4 Å². The molecule has 0 saturated carbocycles. The van der Waals surface area contributed by atoms with E-state index in [0.29, 0.717) is 34.0 Å². The zero-order valence-corrected chi connectivity index (χ0v) is 24.3. The molecule has 1 aromatic heterocycles. The van der Waals surface area contributed by atoms with Crippen molar-refractivity contribution in [1.29, 1.82) is 0 Å². The summed E-state index contributed by atoms with van der Waals surface area (Å²) in [6.07, 6.45) is 2.37. The van der Waals surface area contributed by atoms with Gasteiger partial charge in [0.05, 0.1) is 40.1 Å². The van der Waals surface area contributed by atoms with Crippen molar-refractivity contribution < 1.29 is 18.3 Å². The number of carbonyl (C=O) groups is 1. The molecule has 14 heteroatoms. The van der Waals surface area contributed by atoms with Crippen LogP contribution in [0.25, 0.3) is 11.0 Å². The van der Waals surface area contributed by atoms with E-state index >= 15 is 0 Å². The highest BCUT2D eigenvalue weighted by atomic mass is 35.5. The van der Waals surface area contributed by atoms with E-state index in [9.17, 15) is 13.6 Å². The quantitative estimate of drug-likeness (QED) is 0.136. The van der Waals surface area contributed by atoms with Crippen LogP contribution in [-0.2, 0) is 11.3 Å². The number of nitrogens with zero attached hydrogens (tertiary/aromatic N) is 7. The number of hydrogen-bond donors (Lipinski definition) is 2. The van der Waals surface area contributed by atoms with Gasteiger partial charge in [-0.25, -0.2) is 18.5 Å². The number of nitrogens with one attached hydrogen (secondary N) is 1. The van der Waals surface area contributed by atoms with Gasteiger partial charge in [-0.15, -0.1) is 0 Å². The first kappa shape index (κ1) is 29.2. The van der Waals surface area contributed by atoms with E-state index in [1.807, 2.05) is 6.07 Å². The lowest BCUT2D eigenvalue weighted by molar-refractivity contribution is 0.0992. The molecule has 216 valence electrons. The molecule has 2 N–H and O–H groups in total. The summed E-state index contributed by atoms with van der Waals surface area (Å²) in [5.41, 5.74) is 1.84. The lowest BCUT2D eigenvalue weighted by Gasteiger charge is -2.22. The number of ether oxygens (including phenoxy) is 1. The SMILES string of the molecule is COc1ccc(Cl)c(Nc2nc3ccccc3nc2N(c2cccc(C(=O)N=[N+]=NCCN3CCCC3)c2)S(=O)O)c1. The first-order valence-corrected chi connectivity index (χ1v) is 14.6. The third-order valence-electron chi connectivity index (χ3n) is 6.57. The molecule has 1 atom stereocenters. The predicted octanol–water partition coefficient (Wildman–Crippen LogP) is 5.52. The van der Waals surface area contributed by atoms with Gasteiger partial charge in [0, 0.05) is 12.6 Å². The van der Waals surface area contributed by atoms with Crippen LogP contribution in [0.1, 0.15) is 23.2 Å². The van der Waals surface area contributed by atoms with Crippen LogP contribution in [0.5, 0.6) is 5.75 Å². The van der Waals surface area contributed by atoms with E-state index in [1.165, 1.54) is 32.1 Å². The van der Waals surface area contributed by atoms with Crippen LogP contribution in [0.3, 0.4) is 0 Å². The molecule has 0 spiro atoms. The molecule has 1 amide bonds. The maximum absolute atomic E-state index is 12.8. The van der Waals surface area contributed by atoms with Crippen LogP contribution in [0.15, 0.2) is 77.0 Å². The molecule has 4 aromatic rings. The molecule has 3 aromatic carbocycles. The number of methoxy groups -OCH3 is 1. The molecule has 1 unspecified atom stereocenters. The van der Waals surface area contributed by atoms with Gasteiger partial charge in [-0.3, -0.25) is 9.35 Å². The fraction of sp³-hybridized carbons (Fsp3) is 0.250. The number of likely N-dealkylation sites (tertiary alicyclic amines) is 1. The summed E-state index contributed by atoms with van der Waals surface area (Å²) in [5, 5.41) is 11.2. The van der Waals surface area contributed by atoms with Gasteiger partial charge in [-0.2, -0.15) is 0 Å². The summed E-state index contributed by atoms with van der Waals surface area (Å²) in [6.45, 7) is 3.31. The Balaban J connectivity index is 1.48. The summed E-state index contributed by atoms with van der Waals surface area (Å²) >= 11 is 3.81. The van der Waals surface area contributed by atoms with Crippen LogP contribution >= 0.6 is 11.6 Å². The number of halogens is 1. The van der Waals surface area contributed by atoms with Crippen molar-refractivity contribution in [3.05, 3.63) is 77.3 Å². The van der Waals surface area contributed by atoms with Crippen LogP contribution in [0.2, 0.25) is 5.02 Å². The van der Waals surface area contributed by atoms with Crippen LogP contribution in [0, 0.1) is 0 Å². The molecule has 0 radical (unpaired) electrons. The molecule has 12 nitrogen and oxygen atoms in total. The molecule has 0 aliphatic carbocycles. The van der Waals surface area contributed by atoms with Gasteiger partial charge in [0.25, 0.3) is 11.3 Å². The monoisotopic (exact) mass is 607 g/mol. The molecular formula is C28H28ClN8O4S+. The minimum atomic E-state index is -2.61. The zero-order valence-electron chi connectivity index (χ0n) is 22.7. The Morgan fingerprint density at radius 1 is 1.12 bits per heavy atom. The van der Waals surface area contributed by atoms with Crippen molar-refractivity contribution in [1.82, 2.24) is 19.8 Å². The van der Waals surface area contributed by atoms with Gasteiger partial charge in [-0.1, -0.05) is 29.8 Å². The Morgan fingerprint density at radius 2 is 1.88 bits per heavy atom. The number of fused-ring (bicyclic) bond motifs is 1. The molecule has 42 heavy (non-hydrogen) atoms. The van der Waals surface area contributed by atoms with Crippen molar-refractivity contribution in [3.63, 3.8) is 0 Å². The Kier molecular flexibility index (Phi) is 9.47. The van der Waals surface area contributed by atoms with E-state index in [4.69, 9.17) is 16.3 Å².